The van der Waals surface area contributed by atoms with Crippen LogP contribution in [0.4, 0.5) is 4.79 Å². The van der Waals surface area contributed by atoms with Crippen molar-refractivity contribution >= 4 is 28.4 Å². The van der Waals surface area contributed by atoms with Gasteiger partial charge in [0.25, 0.3) is 0 Å². The molecule has 0 aliphatic heterocycles. The van der Waals surface area contributed by atoms with Crippen molar-refractivity contribution in [3.05, 3.63) is 34.3 Å². The molecule has 20 heavy (non-hydrogen) atoms. The molecule has 1 aromatic carbocycles. The molecule has 0 unspecified atom stereocenters. The van der Waals surface area contributed by atoms with E-state index in [9.17, 15) is 9.59 Å². The number of hydrogen-bond acceptors (Lipinski definition) is 3. The fourth-order valence-electron chi connectivity index (χ4n) is 1.61. The molecule has 0 spiro atoms. The van der Waals surface area contributed by atoms with Gasteiger partial charge in [-0.05, 0) is 51.3 Å². The average molecular weight is 342 g/mol. The first-order chi connectivity index (χ1) is 9.31. The SMILES string of the molecule is CC(C)(C)OC(=O)N(C=O)CCCc1ccc(Br)cc1. The van der Waals surface area contributed by atoms with E-state index in [1.165, 1.54) is 5.56 Å². The maximum atomic E-state index is 11.7. The number of imide groups is 1. The maximum Gasteiger partial charge on any atom is 0.416 e. The van der Waals surface area contributed by atoms with Crippen LogP contribution in [0.25, 0.3) is 0 Å². The predicted octanol–water partition coefficient (Wildman–Crippen LogP) is 3.78. The molecule has 0 fully saturated rings. The molecule has 0 N–H and O–H groups in total. The van der Waals surface area contributed by atoms with Gasteiger partial charge in [-0.1, -0.05) is 28.1 Å². The Hall–Kier alpha value is -1.36. The van der Waals surface area contributed by atoms with E-state index in [4.69, 9.17) is 4.74 Å². The van der Waals surface area contributed by atoms with Crippen LogP contribution in [0.3, 0.4) is 0 Å². The highest BCUT2D eigenvalue weighted by Gasteiger charge is 2.21. The van der Waals surface area contributed by atoms with Crippen molar-refractivity contribution in [1.29, 1.82) is 0 Å². The largest absolute Gasteiger partial charge is 0.443 e. The molecule has 2 amide bonds. The maximum absolute atomic E-state index is 11.7. The molecule has 0 saturated carbocycles. The van der Waals surface area contributed by atoms with E-state index < -0.39 is 11.7 Å². The molecule has 0 radical (unpaired) electrons. The highest BCUT2D eigenvalue weighted by atomic mass is 79.9. The summed E-state index contributed by atoms with van der Waals surface area (Å²) in [4.78, 5) is 23.8. The van der Waals surface area contributed by atoms with E-state index >= 15 is 0 Å². The number of halogens is 1. The third-order valence-electron chi connectivity index (χ3n) is 2.53. The number of nitrogens with zero attached hydrogens (tertiary/aromatic N) is 1. The summed E-state index contributed by atoms with van der Waals surface area (Å²) in [5.74, 6) is 0. The Bertz CT molecular complexity index is 451. The minimum Gasteiger partial charge on any atom is -0.443 e. The fraction of sp³-hybridized carbons (Fsp3) is 0.467. The molecule has 0 saturated heterocycles. The molecule has 1 rings (SSSR count). The van der Waals surface area contributed by atoms with Crippen LogP contribution in [0.15, 0.2) is 28.7 Å². The standard InChI is InChI=1S/C15H20BrNO3/c1-15(2,3)20-14(19)17(11-18)10-4-5-12-6-8-13(16)9-7-12/h6-9,11H,4-5,10H2,1-3H3. The van der Waals surface area contributed by atoms with Gasteiger partial charge >= 0.3 is 6.09 Å². The third kappa shape index (κ3) is 6.19. The van der Waals surface area contributed by atoms with E-state index in [1.54, 1.807) is 20.8 Å². The molecule has 5 heteroatoms. The zero-order chi connectivity index (χ0) is 15.2. The topological polar surface area (TPSA) is 46.6 Å². The molecule has 0 aromatic heterocycles. The van der Waals surface area contributed by atoms with Gasteiger partial charge in [0.2, 0.25) is 6.41 Å². The first-order valence-corrected chi connectivity index (χ1v) is 7.30. The minimum absolute atomic E-state index is 0.356. The van der Waals surface area contributed by atoms with Crippen molar-refractivity contribution in [2.45, 2.75) is 39.2 Å². The molecule has 0 aliphatic carbocycles. The summed E-state index contributed by atoms with van der Waals surface area (Å²) in [6, 6.07) is 7.98. The highest BCUT2D eigenvalue weighted by Crippen LogP contribution is 2.13. The number of aryl methyl sites for hydroxylation is 1. The molecule has 0 heterocycles. The Morgan fingerprint density at radius 3 is 2.40 bits per heavy atom. The fourth-order valence-corrected chi connectivity index (χ4v) is 1.88. The first-order valence-electron chi connectivity index (χ1n) is 6.51. The lowest BCUT2D eigenvalue weighted by Crippen LogP contribution is -2.36. The monoisotopic (exact) mass is 341 g/mol. The number of carbonyl (C=O) groups is 2. The van der Waals surface area contributed by atoms with Crippen LogP contribution in [0, 0.1) is 0 Å². The van der Waals surface area contributed by atoms with Gasteiger partial charge in [-0.15, -0.1) is 0 Å². The van der Waals surface area contributed by atoms with Gasteiger partial charge in [-0.2, -0.15) is 0 Å². The number of ether oxygens (including phenoxy) is 1. The third-order valence-corrected chi connectivity index (χ3v) is 3.06. The summed E-state index contributed by atoms with van der Waals surface area (Å²) in [5, 5.41) is 0. The summed E-state index contributed by atoms with van der Waals surface area (Å²) < 4.78 is 6.19. The first kappa shape index (κ1) is 16.7. The van der Waals surface area contributed by atoms with Crippen LogP contribution in [0.2, 0.25) is 0 Å². The molecule has 4 nitrogen and oxygen atoms in total. The number of carbonyl (C=O) groups excluding carboxylic acids is 2. The summed E-state index contributed by atoms with van der Waals surface area (Å²) >= 11 is 3.38. The molecule has 0 aliphatic rings. The van der Waals surface area contributed by atoms with Crippen LogP contribution in [0.1, 0.15) is 32.8 Å². The van der Waals surface area contributed by atoms with Crippen LogP contribution in [0.5, 0.6) is 0 Å². The molecule has 0 bridgehead atoms. The van der Waals surface area contributed by atoms with E-state index in [0.717, 1.165) is 15.8 Å². The summed E-state index contributed by atoms with van der Waals surface area (Å²) in [5.41, 5.74) is 0.576. The van der Waals surface area contributed by atoms with E-state index in [2.05, 4.69) is 15.9 Å². The normalized spacial score (nSPS) is 11.0. The summed E-state index contributed by atoms with van der Waals surface area (Å²) in [7, 11) is 0. The van der Waals surface area contributed by atoms with Crippen LogP contribution < -0.4 is 0 Å². The van der Waals surface area contributed by atoms with Gasteiger partial charge in [0.05, 0.1) is 0 Å². The van der Waals surface area contributed by atoms with Gasteiger partial charge in [0, 0.05) is 11.0 Å². The lowest BCUT2D eigenvalue weighted by atomic mass is 10.1. The van der Waals surface area contributed by atoms with Crippen molar-refractivity contribution in [2.75, 3.05) is 6.54 Å². The zero-order valence-corrected chi connectivity index (χ0v) is 13.6. The number of rotatable bonds is 5. The summed E-state index contributed by atoms with van der Waals surface area (Å²) in [6.45, 7) is 5.68. The van der Waals surface area contributed by atoms with Gasteiger partial charge in [0.1, 0.15) is 5.60 Å². The second-order valence-electron chi connectivity index (χ2n) is 5.51. The van der Waals surface area contributed by atoms with Crippen molar-refractivity contribution < 1.29 is 14.3 Å². The van der Waals surface area contributed by atoms with E-state index in [1.807, 2.05) is 24.3 Å². The Labute approximate surface area is 128 Å². The lowest BCUT2D eigenvalue weighted by Gasteiger charge is -2.23. The minimum atomic E-state index is -0.594. The zero-order valence-electron chi connectivity index (χ0n) is 12.1. The van der Waals surface area contributed by atoms with E-state index in [-0.39, 0.29) is 0 Å². The van der Waals surface area contributed by atoms with E-state index in [0.29, 0.717) is 19.4 Å². The Morgan fingerprint density at radius 2 is 1.90 bits per heavy atom. The van der Waals surface area contributed by atoms with Crippen LogP contribution in [-0.2, 0) is 16.0 Å². The Balaban J connectivity index is 2.43. The second kappa shape index (κ2) is 7.43. The Morgan fingerprint density at radius 1 is 1.30 bits per heavy atom. The lowest BCUT2D eigenvalue weighted by molar-refractivity contribution is -0.117. The van der Waals surface area contributed by atoms with Crippen molar-refractivity contribution in [1.82, 2.24) is 4.90 Å². The number of benzene rings is 1. The molecular weight excluding hydrogens is 322 g/mol. The summed E-state index contributed by atoms with van der Waals surface area (Å²) in [6.07, 6.45) is 1.44. The molecule has 1 aromatic rings. The van der Waals surface area contributed by atoms with Gasteiger partial charge in [0.15, 0.2) is 0 Å². The average Bonchev–Trinajstić information content (AvgIpc) is 2.34. The molecule has 110 valence electrons. The number of hydrogen-bond donors (Lipinski definition) is 0. The van der Waals surface area contributed by atoms with Crippen molar-refractivity contribution in [2.24, 2.45) is 0 Å². The number of amides is 2. The highest BCUT2D eigenvalue weighted by molar-refractivity contribution is 9.10. The predicted molar refractivity (Wildman–Crippen MR) is 81.5 cm³/mol. The van der Waals surface area contributed by atoms with Gasteiger partial charge < -0.3 is 4.74 Å². The second-order valence-corrected chi connectivity index (χ2v) is 6.42. The Kier molecular flexibility index (Phi) is 6.20. The quantitative estimate of drug-likeness (QED) is 0.765. The van der Waals surface area contributed by atoms with Gasteiger partial charge in [-0.3, -0.25) is 9.69 Å². The molecule has 0 atom stereocenters. The van der Waals surface area contributed by atoms with Crippen molar-refractivity contribution in [3.63, 3.8) is 0 Å². The molecular formula is C15H20BrNO3. The van der Waals surface area contributed by atoms with Crippen molar-refractivity contribution in [3.8, 4) is 0 Å². The van der Waals surface area contributed by atoms with Crippen LogP contribution >= 0.6 is 15.9 Å². The van der Waals surface area contributed by atoms with Crippen LogP contribution in [-0.4, -0.2) is 29.5 Å². The smallest absolute Gasteiger partial charge is 0.416 e. The van der Waals surface area contributed by atoms with Gasteiger partial charge in [-0.25, -0.2) is 4.79 Å².